The third kappa shape index (κ3) is 2.01. The van der Waals surface area contributed by atoms with Crippen LogP contribution in [0.15, 0.2) is 47.1 Å². The van der Waals surface area contributed by atoms with Crippen LogP contribution in [0, 0.1) is 0 Å². The number of carbonyl (C=O) groups is 1. The van der Waals surface area contributed by atoms with E-state index in [4.69, 9.17) is 16.0 Å². The molecule has 16 heavy (non-hydrogen) atoms. The van der Waals surface area contributed by atoms with Crippen LogP contribution in [0.4, 0.5) is 0 Å². The number of ketones is 1. The van der Waals surface area contributed by atoms with Gasteiger partial charge in [-0.15, -0.1) is 0 Å². The smallest absolute Gasteiger partial charge is 0.230 e. The highest BCUT2D eigenvalue weighted by molar-refractivity contribution is 6.31. The van der Waals surface area contributed by atoms with Crippen LogP contribution in [0.2, 0.25) is 5.02 Å². The Hall–Kier alpha value is -1.58. The molecule has 0 bridgehead atoms. The predicted molar refractivity (Wildman–Crippen MR) is 59.5 cm³/mol. The zero-order valence-electron chi connectivity index (χ0n) is 8.26. The summed E-state index contributed by atoms with van der Waals surface area (Å²) in [5.41, 5.74) is 0.380. The molecule has 0 spiro atoms. The fourth-order valence-electron chi connectivity index (χ4n) is 1.39. The summed E-state index contributed by atoms with van der Waals surface area (Å²) in [6.07, 6.45) is 0.0897. The molecule has 1 heterocycles. The third-order valence-corrected chi connectivity index (χ3v) is 2.56. The van der Waals surface area contributed by atoms with Gasteiger partial charge in [-0.1, -0.05) is 29.8 Å². The van der Waals surface area contributed by atoms with Gasteiger partial charge in [-0.05, 0) is 18.2 Å². The number of carbonyl (C=O) groups excluding carboxylic acids is 1. The molecule has 0 saturated heterocycles. The summed E-state index contributed by atoms with van der Waals surface area (Å²) in [4.78, 5) is 11.8. The molecule has 1 N–H and O–H groups in total. The molecule has 2 rings (SSSR count). The maximum absolute atomic E-state index is 11.8. The van der Waals surface area contributed by atoms with Gasteiger partial charge in [0.1, 0.15) is 6.10 Å². The first kappa shape index (κ1) is 10.9. The van der Waals surface area contributed by atoms with Crippen molar-refractivity contribution < 1.29 is 14.3 Å². The highest BCUT2D eigenvalue weighted by atomic mass is 35.5. The van der Waals surface area contributed by atoms with Gasteiger partial charge in [0.2, 0.25) is 5.78 Å². The molecule has 0 aliphatic carbocycles. The number of Topliss-reactive ketones (excluding diaryl/α,β-unsaturated/α-hetero) is 1. The topological polar surface area (TPSA) is 50.4 Å². The number of halogens is 1. The molecule has 2 aromatic rings. The first-order chi connectivity index (χ1) is 7.70. The fourth-order valence-corrected chi connectivity index (χ4v) is 1.63. The van der Waals surface area contributed by atoms with Crippen LogP contribution in [0.3, 0.4) is 0 Å². The first-order valence-corrected chi connectivity index (χ1v) is 5.08. The number of rotatable bonds is 3. The molecule has 82 valence electrons. The highest BCUT2D eigenvalue weighted by Crippen LogP contribution is 2.25. The van der Waals surface area contributed by atoms with Gasteiger partial charge in [0.25, 0.3) is 0 Å². The van der Waals surface area contributed by atoms with Crippen LogP contribution in [-0.4, -0.2) is 10.9 Å². The summed E-state index contributed by atoms with van der Waals surface area (Å²) >= 11 is 5.88. The molecule has 1 aromatic heterocycles. The van der Waals surface area contributed by atoms with Crippen LogP contribution >= 0.6 is 11.6 Å². The molecule has 1 aromatic carbocycles. The Labute approximate surface area is 97.3 Å². The van der Waals surface area contributed by atoms with E-state index in [1.165, 1.54) is 12.3 Å². The molecule has 0 saturated carbocycles. The Morgan fingerprint density at radius 3 is 2.62 bits per heavy atom. The van der Waals surface area contributed by atoms with Gasteiger partial charge in [0, 0.05) is 10.6 Å². The highest BCUT2D eigenvalue weighted by Gasteiger charge is 2.23. The van der Waals surface area contributed by atoms with Crippen LogP contribution in [-0.2, 0) is 0 Å². The second-order valence-corrected chi connectivity index (χ2v) is 3.67. The Kier molecular flexibility index (Phi) is 3.08. The quantitative estimate of drug-likeness (QED) is 0.834. The third-order valence-electron chi connectivity index (χ3n) is 2.21. The van der Waals surface area contributed by atoms with E-state index < -0.39 is 11.9 Å². The van der Waals surface area contributed by atoms with Crippen molar-refractivity contribution in [3.8, 4) is 0 Å². The number of hydrogen-bond acceptors (Lipinski definition) is 3. The van der Waals surface area contributed by atoms with Gasteiger partial charge in [-0.3, -0.25) is 4.79 Å². The Balaban J connectivity index is 2.30. The summed E-state index contributed by atoms with van der Waals surface area (Å²) in [5.74, 6) is -0.384. The van der Waals surface area contributed by atoms with E-state index in [1.807, 2.05) is 0 Å². The second kappa shape index (κ2) is 4.51. The molecule has 0 unspecified atom stereocenters. The van der Waals surface area contributed by atoms with E-state index in [0.29, 0.717) is 10.6 Å². The largest absolute Gasteiger partial charge is 0.461 e. The summed E-state index contributed by atoms with van der Waals surface area (Å²) in [5, 5.41) is 10.2. The van der Waals surface area contributed by atoms with E-state index in [2.05, 4.69) is 0 Å². The zero-order valence-corrected chi connectivity index (χ0v) is 9.02. The van der Waals surface area contributed by atoms with E-state index in [1.54, 1.807) is 30.3 Å². The summed E-state index contributed by atoms with van der Waals surface area (Å²) in [6, 6.07) is 9.76. The standard InChI is InChI=1S/C12H9ClO3/c13-9-5-2-1-4-8(9)11(14)12(15)10-6-3-7-16-10/h1-7,11,14H/t11-/m0/s1. The molecule has 0 aliphatic heterocycles. The van der Waals surface area contributed by atoms with Crippen molar-refractivity contribution in [3.05, 3.63) is 59.0 Å². The van der Waals surface area contributed by atoms with Crippen molar-refractivity contribution in [2.75, 3.05) is 0 Å². The van der Waals surface area contributed by atoms with Crippen molar-refractivity contribution in [2.45, 2.75) is 6.10 Å². The Bertz CT molecular complexity index is 491. The molecule has 3 nitrogen and oxygen atoms in total. The van der Waals surface area contributed by atoms with Crippen LogP contribution < -0.4 is 0 Å². The van der Waals surface area contributed by atoms with E-state index in [-0.39, 0.29) is 5.76 Å². The monoisotopic (exact) mass is 236 g/mol. The number of hydrogen-bond donors (Lipinski definition) is 1. The second-order valence-electron chi connectivity index (χ2n) is 3.27. The van der Waals surface area contributed by atoms with Gasteiger partial charge in [0.15, 0.2) is 5.76 Å². The number of aliphatic hydroxyl groups is 1. The van der Waals surface area contributed by atoms with Gasteiger partial charge in [-0.25, -0.2) is 0 Å². The van der Waals surface area contributed by atoms with Crippen molar-refractivity contribution in [3.63, 3.8) is 0 Å². The van der Waals surface area contributed by atoms with Gasteiger partial charge in [0.05, 0.1) is 6.26 Å². The van der Waals surface area contributed by atoms with Crippen molar-refractivity contribution in [1.82, 2.24) is 0 Å². The van der Waals surface area contributed by atoms with E-state index in [0.717, 1.165) is 0 Å². The molecule has 1 atom stereocenters. The van der Waals surface area contributed by atoms with Gasteiger partial charge < -0.3 is 9.52 Å². The lowest BCUT2D eigenvalue weighted by Gasteiger charge is -2.09. The normalized spacial score (nSPS) is 12.4. The minimum atomic E-state index is -1.29. The summed E-state index contributed by atoms with van der Waals surface area (Å²) in [7, 11) is 0. The summed E-state index contributed by atoms with van der Waals surface area (Å²) in [6.45, 7) is 0. The van der Waals surface area contributed by atoms with Crippen LogP contribution in [0.5, 0.6) is 0 Å². The molecule has 0 fully saturated rings. The lowest BCUT2D eigenvalue weighted by molar-refractivity contribution is 0.0718. The fraction of sp³-hybridized carbons (Fsp3) is 0.0833. The van der Waals surface area contributed by atoms with Gasteiger partial charge >= 0.3 is 0 Å². The van der Waals surface area contributed by atoms with Crippen LogP contribution in [0.1, 0.15) is 22.2 Å². The Morgan fingerprint density at radius 1 is 1.25 bits per heavy atom. The number of furan rings is 1. The van der Waals surface area contributed by atoms with Crippen LogP contribution in [0.25, 0.3) is 0 Å². The SMILES string of the molecule is O=C(c1ccco1)[C@@H](O)c1ccccc1Cl. The molecular weight excluding hydrogens is 228 g/mol. The average Bonchev–Trinajstić information content (AvgIpc) is 2.81. The molecule has 0 radical (unpaired) electrons. The lowest BCUT2D eigenvalue weighted by Crippen LogP contribution is -2.11. The number of benzene rings is 1. The first-order valence-electron chi connectivity index (χ1n) is 4.70. The number of aliphatic hydroxyl groups excluding tert-OH is 1. The molecule has 0 aliphatic rings. The van der Waals surface area contributed by atoms with Crippen molar-refractivity contribution in [1.29, 1.82) is 0 Å². The van der Waals surface area contributed by atoms with Crippen molar-refractivity contribution in [2.24, 2.45) is 0 Å². The molecular formula is C12H9ClO3. The maximum Gasteiger partial charge on any atom is 0.230 e. The molecule has 4 heteroatoms. The average molecular weight is 237 g/mol. The minimum absolute atomic E-state index is 0.118. The summed E-state index contributed by atoms with van der Waals surface area (Å²) < 4.78 is 4.93. The predicted octanol–water partition coefficient (Wildman–Crippen LogP) is 2.85. The molecule has 0 amide bonds. The zero-order chi connectivity index (χ0) is 11.5. The van der Waals surface area contributed by atoms with Gasteiger partial charge in [-0.2, -0.15) is 0 Å². The van der Waals surface area contributed by atoms with Crippen molar-refractivity contribution >= 4 is 17.4 Å². The minimum Gasteiger partial charge on any atom is -0.461 e. The Morgan fingerprint density at radius 2 is 2.00 bits per heavy atom. The lowest BCUT2D eigenvalue weighted by atomic mass is 10.0. The van der Waals surface area contributed by atoms with E-state index >= 15 is 0 Å². The maximum atomic E-state index is 11.8. The van der Waals surface area contributed by atoms with E-state index in [9.17, 15) is 9.90 Å².